The van der Waals surface area contributed by atoms with Crippen molar-refractivity contribution in [3.05, 3.63) is 56.7 Å². The van der Waals surface area contributed by atoms with E-state index in [9.17, 15) is 14.4 Å². The van der Waals surface area contributed by atoms with E-state index in [-0.39, 0.29) is 23.2 Å². The number of hydrogen-bond donors (Lipinski definition) is 2. The van der Waals surface area contributed by atoms with Gasteiger partial charge in [0.2, 0.25) is 5.95 Å². The lowest BCUT2D eigenvalue weighted by atomic mass is 10.1. The Bertz CT molecular complexity index is 1290. The van der Waals surface area contributed by atoms with Crippen LogP contribution in [0.4, 0.5) is 11.8 Å². The Kier molecular flexibility index (Phi) is 5.79. The smallest absolute Gasteiger partial charge is 0.330 e. The standard InChI is InChI=1S/C22H25N7O3S/c23-18-17(19(31)24-21(32)28(18)15-9-10-15)16(30)13-33-22-26-25-20(27-11-5-2-6-12-27)29(22)14-7-3-1-4-8-14/h1,3-4,7-8,15H,2,5-6,9-13,23H2,(H,24,31,32). The fourth-order valence-electron chi connectivity index (χ4n) is 4.19. The highest BCUT2D eigenvalue weighted by molar-refractivity contribution is 7.99. The Hall–Kier alpha value is -3.34. The van der Waals surface area contributed by atoms with Crippen LogP contribution in [0, 0.1) is 0 Å². The highest BCUT2D eigenvalue weighted by atomic mass is 32.2. The lowest BCUT2D eigenvalue weighted by molar-refractivity contribution is 0.102. The second-order valence-electron chi connectivity index (χ2n) is 8.33. The summed E-state index contributed by atoms with van der Waals surface area (Å²) in [5.74, 6) is 0.183. The van der Waals surface area contributed by atoms with Gasteiger partial charge in [-0.05, 0) is 44.2 Å². The summed E-state index contributed by atoms with van der Waals surface area (Å²) >= 11 is 1.20. The van der Waals surface area contributed by atoms with Crippen LogP contribution in [0.1, 0.15) is 48.5 Å². The average molecular weight is 468 g/mol. The number of carbonyl (C=O) groups is 1. The van der Waals surface area contributed by atoms with Gasteiger partial charge in [0.15, 0.2) is 10.9 Å². The lowest BCUT2D eigenvalue weighted by Crippen LogP contribution is -2.36. The molecule has 3 heterocycles. The van der Waals surface area contributed by atoms with Crippen LogP contribution in [0.5, 0.6) is 0 Å². The number of nitrogen functional groups attached to an aromatic ring is 1. The number of para-hydroxylation sites is 1. The third kappa shape index (κ3) is 4.20. The Morgan fingerprint density at radius 1 is 1.09 bits per heavy atom. The van der Waals surface area contributed by atoms with Crippen molar-refractivity contribution < 1.29 is 4.79 Å². The largest absolute Gasteiger partial charge is 0.384 e. The molecule has 172 valence electrons. The van der Waals surface area contributed by atoms with Gasteiger partial charge in [-0.3, -0.25) is 23.7 Å². The van der Waals surface area contributed by atoms with Gasteiger partial charge in [-0.2, -0.15) is 0 Å². The summed E-state index contributed by atoms with van der Waals surface area (Å²) in [6, 6.07) is 9.71. The fourth-order valence-corrected chi connectivity index (χ4v) is 5.01. The minimum atomic E-state index is -0.751. The molecule has 1 saturated heterocycles. The van der Waals surface area contributed by atoms with Crippen molar-refractivity contribution in [2.24, 2.45) is 0 Å². The third-order valence-electron chi connectivity index (χ3n) is 5.97. The molecule has 10 nitrogen and oxygen atoms in total. The van der Waals surface area contributed by atoms with E-state index in [2.05, 4.69) is 20.1 Å². The monoisotopic (exact) mass is 467 g/mol. The van der Waals surface area contributed by atoms with Crippen LogP contribution >= 0.6 is 11.8 Å². The number of hydrogen-bond acceptors (Lipinski definition) is 8. The number of benzene rings is 1. The first-order valence-electron chi connectivity index (χ1n) is 11.1. The molecule has 1 aromatic carbocycles. The Morgan fingerprint density at radius 3 is 2.52 bits per heavy atom. The molecule has 0 radical (unpaired) electrons. The molecule has 11 heteroatoms. The Balaban J connectivity index is 1.44. The number of ketones is 1. The zero-order chi connectivity index (χ0) is 22.9. The molecule has 2 fully saturated rings. The molecule has 0 atom stereocenters. The molecule has 1 saturated carbocycles. The van der Waals surface area contributed by atoms with Gasteiger partial charge >= 0.3 is 5.69 Å². The second kappa shape index (κ2) is 8.89. The van der Waals surface area contributed by atoms with Crippen molar-refractivity contribution in [2.75, 3.05) is 29.5 Å². The summed E-state index contributed by atoms with van der Waals surface area (Å²) in [7, 11) is 0. The quantitative estimate of drug-likeness (QED) is 0.398. The summed E-state index contributed by atoms with van der Waals surface area (Å²) in [5, 5.41) is 9.34. The molecule has 0 spiro atoms. The second-order valence-corrected chi connectivity index (χ2v) is 9.28. The Labute approximate surface area is 193 Å². The summed E-state index contributed by atoms with van der Waals surface area (Å²) in [4.78, 5) is 42.0. The number of carbonyl (C=O) groups excluding carboxylic acids is 1. The van der Waals surface area contributed by atoms with E-state index in [1.54, 1.807) is 0 Å². The van der Waals surface area contributed by atoms with Crippen molar-refractivity contribution in [3.8, 4) is 5.69 Å². The molecule has 1 aliphatic carbocycles. The van der Waals surface area contributed by atoms with Crippen molar-refractivity contribution in [1.82, 2.24) is 24.3 Å². The van der Waals surface area contributed by atoms with Gasteiger partial charge < -0.3 is 10.6 Å². The first kappa shape index (κ1) is 21.5. The number of piperidine rings is 1. The first-order valence-corrected chi connectivity index (χ1v) is 12.1. The van der Waals surface area contributed by atoms with Gasteiger partial charge in [0, 0.05) is 19.1 Å². The number of aromatic amines is 1. The molecule has 3 aromatic rings. The number of H-pyrrole nitrogens is 1. The molecule has 33 heavy (non-hydrogen) atoms. The van der Waals surface area contributed by atoms with Crippen LogP contribution in [0.25, 0.3) is 5.69 Å². The SMILES string of the molecule is Nc1c(C(=O)CSc2nnc(N3CCCCC3)n2-c2ccccc2)c(=O)[nH]c(=O)n1C1CC1. The van der Waals surface area contributed by atoms with E-state index in [4.69, 9.17) is 5.73 Å². The van der Waals surface area contributed by atoms with Crippen LogP contribution in [0.15, 0.2) is 45.1 Å². The molecule has 5 rings (SSSR count). The van der Waals surface area contributed by atoms with Crippen LogP contribution in [-0.4, -0.2) is 48.9 Å². The number of nitrogens with one attached hydrogen (secondary N) is 1. The first-order chi connectivity index (χ1) is 16.0. The van der Waals surface area contributed by atoms with Gasteiger partial charge in [0.25, 0.3) is 5.56 Å². The van der Waals surface area contributed by atoms with E-state index < -0.39 is 17.0 Å². The van der Waals surface area contributed by atoms with E-state index in [0.717, 1.165) is 50.4 Å². The maximum absolute atomic E-state index is 13.0. The number of nitrogens with two attached hydrogens (primary N) is 1. The number of nitrogens with zero attached hydrogens (tertiary/aromatic N) is 5. The van der Waals surface area contributed by atoms with E-state index in [1.807, 2.05) is 34.9 Å². The van der Waals surface area contributed by atoms with Gasteiger partial charge in [0.1, 0.15) is 11.4 Å². The van der Waals surface area contributed by atoms with E-state index >= 15 is 0 Å². The van der Waals surface area contributed by atoms with E-state index in [1.165, 1.54) is 22.7 Å². The lowest BCUT2D eigenvalue weighted by Gasteiger charge is -2.27. The number of thioether (sulfide) groups is 1. The van der Waals surface area contributed by atoms with E-state index in [0.29, 0.717) is 5.16 Å². The maximum atomic E-state index is 13.0. The number of aromatic nitrogens is 5. The van der Waals surface area contributed by atoms with Crippen LogP contribution in [0.3, 0.4) is 0 Å². The summed E-state index contributed by atoms with van der Waals surface area (Å²) in [6.07, 6.45) is 5.00. The molecule has 2 aliphatic rings. The molecule has 3 N–H and O–H groups in total. The normalized spacial score (nSPS) is 16.2. The van der Waals surface area contributed by atoms with Gasteiger partial charge in [-0.25, -0.2) is 4.79 Å². The van der Waals surface area contributed by atoms with Crippen molar-refractivity contribution >= 4 is 29.3 Å². The number of Topliss-reactive ketones (excluding diaryl/α,β-unsaturated/α-hetero) is 1. The highest BCUT2D eigenvalue weighted by Crippen LogP contribution is 2.35. The zero-order valence-electron chi connectivity index (χ0n) is 18.1. The van der Waals surface area contributed by atoms with Crippen LogP contribution < -0.4 is 21.9 Å². The average Bonchev–Trinajstić information content (AvgIpc) is 3.56. The third-order valence-corrected chi connectivity index (χ3v) is 6.90. The molecule has 2 aromatic heterocycles. The summed E-state index contributed by atoms with van der Waals surface area (Å²) < 4.78 is 3.27. The summed E-state index contributed by atoms with van der Waals surface area (Å²) in [5.41, 5.74) is 5.50. The maximum Gasteiger partial charge on any atom is 0.330 e. The zero-order valence-corrected chi connectivity index (χ0v) is 18.9. The summed E-state index contributed by atoms with van der Waals surface area (Å²) in [6.45, 7) is 1.81. The minimum absolute atomic E-state index is 0.0539. The Morgan fingerprint density at radius 2 is 1.82 bits per heavy atom. The van der Waals surface area contributed by atoms with Gasteiger partial charge in [-0.15, -0.1) is 10.2 Å². The molecular weight excluding hydrogens is 442 g/mol. The molecular formula is C22H25N7O3S. The molecule has 1 aliphatic heterocycles. The minimum Gasteiger partial charge on any atom is -0.384 e. The van der Waals surface area contributed by atoms with Gasteiger partial charge in [0.05, 0.1) is 11.4 Å². The predicted octanol–water partition coefficient (Wildman–Crippen LogP) is 2.00. The van der Waals surface area contributed by atoms with Crippen molar-refractivity contribution in [2.45, 2.75) is 43.3 Å². The van der Waals surface area contributed by atoms with Crippen molar-refractivity contribution in [3.63, 3.8) is 0 Å². The van der Waals surface area contributed by atoms with Crippen LogP contribution in [-0.2, 0) is 0 Å². The van der Waals surface area contributed by atoms with Crippen molar-refractivity contribution in [1.29, 1.82) is 0 Å². The topological polar surface area (TPSA) is 132 Å². The molecule has 0 unspecified atom stereocenters. The predicted molar refractivity (Wildman–Crippen MR) is 126 cm³/mol. The fraction of sp³-hybridized carbons (Fsp3) is 0.409. The number of anilines is 2. The van der Waals surface area contributed by atoms with Crippen LogP contribution in [0.2, 0.25) is 0 Å². The highest BCUT2D eigenvalue weighted by Gasteiger charge is 2.30. The molecule has 0 amide bonds. The number of rotatable bonds is 7. The van der Waals surface area contributed by atoms with Gasteiger partial charge in [-0.1, -0.05) is 30.0 Å². The molecule has 0 bridgehead atoms.